The van der Waals surface area contributed by atoms with E-state index < -0.39 is 12.2 Å². The van der Waals surface area contributed by atoms with Gasteiger partial charge in [0.1, 0.15) is 0 Å². The smallest absolute Gasteiger partial charge is 0.261 e. The molecular weight excluding hydrogens is 258 g/mol. The number of hydrogen-bond donors (Lipinski definition) is 2. The first-order valence-electron chi connectivity index (χ1n) is 6.40. The van der Waals surface area contributed by atoms with E-state index in [1.807, 2.05) is 0 Å². The topological polar surface area (TPSA) is 67.8 Å². The number of benzene rings is 1. The molecule has 1 aromatic carbocycles. The zero-order chi connectivity index (χ0) is 15.1. The molecule has 110 valence electrons. The Bertz CT molecular complexity index is 471. The van der Waals surface area contributed by atoms with Crippen molar-refractivity contribution in [1.82, 2.24) is 5.32 Å². The molecule has 0 aliphatic heterocycles. The normalized spacial score (nSPS) is 13.2. The van der Waals surface area contributed by atoms with E-state index in [4.69, 9.17) is 9.47 Å². The molecule has 20 heavy (non-hydrogen) atoms. The number of methoxy groups -OCH3 is 1. The first-order valence-corrected chi connectivity index (χ1v) is 6.40. The molecule has 1 amide bonds. The lowest BCUT2D eigenvalue weighted by Crippen LogP contribution is -2.36. The average molecular weight is 279 g/mol. The van der Waals surface area contributed by atoms with Crippen molar-refractivity contribution in [3.63, 3.8) is 0 Å². The average Bonchev–Trinajstić information content (AvgIpc) is 2.44. The van der Waals surface area contributed by atoms with Crippen LogP contribution in [0.4, 0.5) is 0 Å². The molecule has 1 unspecified atom stereocenters. The van der Waals surface area contributed by atoms with Gasteiger partial charge in [0.15, 0.2) is 17.6 Å². The lowest BCUT2D eigenvalue weighted by Gasteiger charge is -2.17. The molecule has 0 saturated heterocycles. The third kappa shape index (κ3) is 4.28. The van der Waals surface area contributed by atoms with Gasteiger partial charge in [0.25, 0.3) is 5.91 Å². The monoisotopic (exact) mass is 279 g/mol. The van der Waals surface area contributed by atoms with Crippen molar-refractivity contribution in [3.8, 4) is 11.5 Å². The van der Waals surface area contributed by atoms with Crippen LogP contribution in [0.15, 0.2) is 30.9 Å². The van der Waals surface area contributed by atoms with Gasteiger partial charge < -0.3 is 19.9 Å². The van der Waals surface area contributed by atoms with Crippen LogP contribution in [0.5, 0.6) is 11.5 Å². The Balaban J connectivity index is 2.81. The minimum Gasteiger partial charge on any atom is -0.493 e. The molecule has 2 atom stereocenters. The summed E-state index contributed by atoms with van der Waals surface area (Å²) in [5.41, 5.74) is 0.720. The predicted molar refractivity (Wildman–Crippen MR) is 76.9 cm³/mol. The lowest BCUT2D eigenvalue weighted by atomic mass is 10.1. The van der Waals surface area contributed by atoms with Gasteiger partial charge in [0.05, 0.1) is 13.2 Å². The highest BCUT2D eigenvalue weighted by Crippen LogP contribution is 2.30. The fourth-order valence-corrected chi connectivity index (χ4v) is 1.60. The summed E-state index contributed by atoms with van der Waals surface area (Å²) in [6.07, 6.45) is 0.357. The van der Waals surface area contributed by atoms with Crippen molar-refractivity contribution in [2.24, 2.45) is 0 Å². The van der Waals surface area contributed by atoms with Crippen LogP contribution in [-0.4, -0.2) is 30.8 Å². The Hall–Kier alpha value is -2.01. The fourth-order valence-electron chi connectivity index (χ4n) is 1.60. The van der Waals surface area contributed by atoms with Gasteiger partial charge in [-0.1, -0.05) is 12.1 Å². The van der Waals surface area contributed by atoms with E-state index >= 15 is 0 Å². The molecular formula is C15H21NO4. The van der Waals surface area contributed by atoms with Crippen LogP contribution < -0.4 is 14.8 Å². The molecule has 0 heterocycles. The summed E-state index contributed by atoms with van der Waals surface area (Å²) in [5, 5.41) is 12.2. The second-order valence-corrected chi connectivity index (χ2v) is 4.38. The molecule has 0 saturated carbocycles. The number of rotatable bonds is 7. The van der Waals surface area contributed by atoms with Crippen molar-refractivity contribution in [2.75, 3.05) is 13.7 Å². The van der Waals surface area contributed by atoms with E-state index in [0.29, 0.717) is 18.0 Å². The number of nitrogens with one attached hydrogen (secondary N) is 1. The minimum absolute atomic E-state index is 0.230. The molecule has 0 aliphatic rings. The van der Waals surface area contributed by atoms with Crippen LogP contribution in [-0.2, 0) is 4.79 Å². The Morgan fingerprint density at radius 3 is 2.70 bits per heavy atom. The maximum absolute atomic E-state index is 11.7. The molecule has 0 fully saturated rings. The van der Waals surface area contributed by atoms with Gasteiger partial charge >= 0.3 is 0 Å². The number of hydrogen-bond acceptors (Lipinski definition) is 4. The summed E-state index contributed by atoms with van der Waals surface area (Å²) in [5.74, 6) is 0.705. The van der Waals surface area contributed by atoms with Crippen LogP contribution in [0.3, 0.4) is 0 Å². The standard InChI is InChI=1S/C15H21NO4/c1-5-8-16-15(18)11(3)20-13-7-6-12(10(2)17)9-14(13)19-4/h5-7,9-11,17H,1,8H2,2-4H3,(H,16,18)/t10-,11?/m1/s1. The second kappa shape index (κ2) is 7.55. The third-order valence-corrected chi connectivity index (χ3v) is 2.76. The first-order chi connectivity index (χ1) is 9.49. The molecule has 1 rings (SSSR count). The maximum Gasteiger partial charge on any atom is 0.261 e. The van der Waals surface area contributed by atoms with Crippen molar-refractivity contribution in [1.29, 1.82) is 0 Å². The largest absolute Gasteiger partial charge is 0.493 e. The Morgan fingerprint density at radius 2 is 2.15 bits per heavy atom. The first kappa shape index (κ1) is 16.0. The van der Waals surface area contributed by atoms with E-state index in [1.54, 1.807) is 38.1 Å². The zero-order valence-electron chi connectivity index (χ0n) is 12.1. The molecule has 5 heteroatoms. The van der Waals surface area contributed by atoms with E-state index in [9.17, 15) is 9.90 Å². The second-order valence-electron chi connectivity index (χ2n) is 4.38. The van der Waals surface area contributed by atoms with Crippen molar-refractivity contribution in [2.45, 2.75) is 26.1 Å². The zero-order valence-corrected chi connectivity index (χ0v) is 12.1. The molecule has 0 spiro atoms. The summed E-state index contributed by atoms with van der Waals surface area (Å²) in [6.45, 7) is 7.24. The van der Waals surface area contributed by atoms with Gasteiger partial charge in [0, 0.05) is 6.54 Å². The van der Waals surface area contributed by atoms with E-state index in [1.165, 1.54) is 7.11 Å². The van der Waals surface area contributed by atoms with E-state index in [0.717, 1.165) is 5.56 Å². The van der Waals surface area contributed by atoms with Crippen LogP contribution in [0.1, 0.15) is 25.5 Å². The summed E-state index contributed by atoms with van der Waals surface area (Å²) in [7, 11) is 1.51. The number of carbonyl (C=O) groups is 1. The van der Waals surface area contributed by atoms with Gasteiger partial charge in [-0.3, -0.25) is 4.79 Å². The van der Waals surface area contributed by atoms with Gasteiger partial charge in [-0.25, -0.2) is 0 Å². The Labute approximate surface area is 119 Å². The van der Waals surface area contributed by atoms with Crippen molar-refractivity contribution in [3.05, 3.63) is 36.4 Å². The number of carbonyl (C=O) groups excluding carboxylic acids is 1. The molecule has 0 aliphatic carbocycles. The summed E-state index contributed by atoms with van der Waals surface area (Å²) >= 11 is 0. The molecule has 2 N–H and O–H groups in total. The van der Waals surface area contributed by atoms with Crippen LogP contribution in [0.2, 0.25) is 0 Å². The number of aliphatic hydroxyl groups is 1. The number of ether oxygens (including phenoxy) is 2. The summed E-state index contributed by atoms with van der Waals surface area (Å²) in [6, 6.07) is 5.10. The fraction of sp³-hybridized carbons (Fsp3) is 0.400. The highest BCUT2D eigenvalue weighted by molar-refractivity contribution is 5.80. The molecule has 0 bridgehead atoms. The van der Waals surface area contributed by atoms with Gasteiger partial charge in [-0.05, 0) is 31.5 Å². The van der Waals surface area contributed by atoms with Crippen molar-refractivity contribution < 1.29 is 19.4 Å². The highest BCUT2D eigenvalue weighted by Gasteiger charge is 2.16. The van der Waals surface area contributed by atoms with E-state index in [-0.39, 0.29) is 5.91 Å². The third-order valence-electron chi connectivity index (χ3n) is 2.76. The van der Waals surface area contributed by atoms with Crippen LogP contribution >= 0.6 is 0 Å². The highest BCUT2D eigenvalue weighted by atomic mass is 16.5. The predicted octanol–water partition coefficient (Wildman–Crippen LogP) is 1.82. The SMILES string of the molecule is C=CCNC(=O)C(C)Oc1ccc([C@@H](C)O)cc1OC. The van der Waals surface area contributed by atoms with E-state index in [2.05, 4.69) is 11.9 Å². The number of aliphatic hydroxyl groups excluding tert-OH is 1. The summed E-state index contributed by atoms with van der Waals surface area (Å²) in [4.78, 5) is 11.7. The Morgan fingerprint density at radius 1 is 1.45 bits per heavy atom. The quantitative estimate of drug-likeness (QED) is 0.747. The number of amides is 1. The van der Waals surface area contributed by atoms with Gasteiger partial charge in [-0.15, -0.1) is 6.58 Å². The van der Waals surface area contributed by atoms with Crippen LogP contribution in [0.25, 0.3) is 0 Å². The van der Waals surface area contributed by atoms with Gasteiger partial charge in [-0.2, -0.15) is 0 Å². The van der Waals surface area contributed by atoms with Gasteiger partial charge in [0.2, 0.25) is 0 Å². The van der Waals surface area contributed by atoms with Crippen LogP contribution in [0, 0.1) is 0 Å². The molecule has 0 aromatic heterocycles. The lowest BCUT2D eigenvalue weighted by molar-refractivity contribution is -0.127. The minimum atomic E-state index is -0.652. The summed E-state index contributed by atoms with van der Waals surface area (Å²) < 4.78 is 10.8. The molecule has 0 radical (unpaired) electrons. The maximum atomic E-state index is 11.7. The Kier molecular flexibility index (Phi) is 6.06. The molecule has 5 nitrogen and oxygen atoms in total. The molecule has 1 aromatic rings. The van der Waals surface area contributed by atoms with Crippen molar-refractivity contribution >= 4 is 5.91 Å².